The molecule has 3 aromatic rings. The standard InChI is InChI=1S/C20H19IN6O/c21-17-6-2-1-5-16(17)20(28)27-12-10-26(11-13-27)19-8-7-18(24-25-19)23-15-4-3-9-22-14-15/h1-9,14H,10-13H2,(H,23,24). The number of carbonyl (C=O) groups excluding carboxylic acids is 1. The van der Waals surface area contributed by atoms with Gasteiger partial charge in [0, 0.05) is 35.9 Å². The summed E-state index contributed by atoms with van der Waals surface area (Å²) in [4.78, 5) is 20.9. The molecule has 2 aromatic heterocycles. The number of aromatic nitrogens is 3. The molecular weight excluding hydrogens is 467 g/mol. The van der Waals surface area contributed by atoms with Crippen molar-refractivity contribution in [3.05, 3.63) is 70.1 Å². The molecule has 1 aliphatic heterocycles. The Morgan fingerprint density at radius 1 is 0.964 bits per heavy atom. The second kappa shape index (κ2) is 8.51. The number of hydrogen-bond acceptors (Lipinski definition) is 6. The normalized spacial score (nSPS) is 14.0. The Balaban J connectivity index is 1.36. The first-order valence-corrected chi connectivity index (χ1v) is 10.1. The zero-order valence-electron chi connectivity index (χ0n) is 15.1. The lowest BCUT2D eigenvalue weighted by atomic mass is 10.2. The van der Waals surface area contributed by atoms with Gasteiger partial charge in [0.05, 0.1) is 17.4 Å². The summed E-state index contributed by atoms with van der Waals surface area (Å²) < 4.78 is 0.982. The first-order valence-electron chi connectivity index (χ1n) is 9.00. The molecule has 1 aliphatic rings. The highest BCUT2D eigenvalue weighted by Crippen LogP contribution is 2.19. The molecule has 0 unspecified atom stereocenters. The molecule has 1 amide bonds. The fourth-order valence-electron chi connectivity index (χ4n) is 3.09. The van der Waals surface area contributed by atoms with Gasteiger partial charge in [0.2, 0.25) is 0 Å². The van der Waals surface area contributed by atoms with Crippen molar-refractivity contribution in [1.82, 2.24) is 20.1 Å². The molecule has 0 atom stereocenters. The van der Waals surface area contributed by atoms with E-state index in [2.05, 4.69) is 48.0 Å². The van der Waals surface area contributed by atoms with E-state index < -0.39 is 0 Å². The molecular formula is C20H19IN6O. The zero-order valence-corrected chi connectivity index (χ0v) is 17.3. The SMILES string of the molecule is O=C(c1ccccc1I)N1CCN(c2ccc(Nc3cccnc3)nn2)CC1. The van der Waals surface area contributed by atoms with Gasteiger partial charge in [0.1, 0.15) is 0 Å². The van der Waals surface area contributed by atoms with Crippen LogP contribution in [-0.2, 0) is 0 Å². The van der Waals surface area contributed by atoms with Crippen LogP contribution in [0.25, 0.3) is 0 Å². The number of nitrogens with zero attached hydrogens (tertiary/aromatic N) is 5. The van der Waals surface area contributed by atoms with Crippen LogP contribution < -0.4 is 10.2 Å². The topological polar surface area (TPSA) is 74.2 Å². The van der Waals surface area contributed by atoms with E-state index in [-0.39, 0.29) is 5.91 Å². The van der Waals surface area contributed by atoms with Crippen molar-refractivity contribution in [2.45, 2.75) is 0 Å². The van der Waals surface area contributed by atoms with Crippen LogP contribution in [0.2, 0.25) is 0 Å². The number of piperazine rings is 1. The van der Waals surface area contributed by atoms with Crippen LogP contribution in [0, 0.1) is 3.57 Å². The molecule has 0 saturated carbocycles. The smallest absolute Gasteiger partial charge is 0.255 e. The third-order valence-electron chi connectivity index (χ3n) is 4.58. The molecule has 0 radical (unpaired) electrons. The predicted octanol–water partition coefficient (Wildman–Crippen LogP) is 3.18. The lowest BCUT2D eigenvalue weighted by Gasteiger charge is -2.35. The van der Waals surface area contributed by atoms with Crippen molar-refractivity contribution in [2.75, 3.05) is 36.4 Å². The van der Waals surface area contributed by atoms with Crippen molar-refractivity contribution in [2.24, 2.45) is 0 Å². The predicted molar refractivity (Wildman–Crippen MR) is 117 cm³/mol. The maximum Gasteiger partial charge on any atom is 0.255 e. The molecule has 1 aromatic carbocycles. The average Bonchev–Trinajstić information content (AvgIpc) is 2.75. The summed E-state index contributed by atoms with van der Waals surface area (Å²) in [6.45, 7) is 2.81. The van der Waals surface area contributed by atoms with Crippen molar-refractivity contribution < 1.29 is 4.79 Å². The van der Waals surface area contributed by atoms with E-state index >= 15 is 0 Å². The van der Waals surface area contributed by atoms with Crippen molar-refractivity contribution >= 4 is 45.8 Å². The molecule has 0 spiro atoms. The van der Waals surface area contributed by atoms with Gasteiger partial charge in [-0.2, -0.15) is 0 Å². The summed E-state index contributed by atoms with van der Waals surface area (Å²) in [5.41, 5.74) is 1.63. The number of hydrogen-bond donors (Lipinski definition) is 1. The second-order valence-corrected chi connectivity index (χ2v) is 7.56. The van der Waals surface area contributed by atoms with E-state index in [1.54, 1.807) is 12.4 Å². The molecule has 4 rings (SSSR count). The number of nitrogens with one attached hydrogen (secondary N) is 1. The molecule has 28 heavy (non-hydrogen) atoms. The van der Waals surface area contributed by atoms with E-state index in [9.17, 15) is 4.79 Å². The lowest BCUT2D eigenvalue weighted by Crippen LogP contribution is -2.49. The van der Waals surface area contributed by atoms with Crippen molar-refractivity contribution in [1.29, 1.82) is 0 Å². The minimum atomic E-state index is 0.0896. The molecule has 0 bridgehead atoms. The van der Waals surface area contributed by atoms with E-state index in [0.717, 1.165) is 33.7 Å². The summed E-state index contributed by atoms with van der Waals surface area (Å²) in [6.07, 6.45) is 3.46. The fraction of sp³-hybridized carbons (Fsp3) is 0.200. The van der Waals surface area contributed by atoms with Gasteiger partial charge in [0.25, 0.3) is 5.91 Å². The highest BCUT2D eigenvalue weighted by molar-refractivity contribution is 14.1. The summed E-state index contributed by atoms with van der Waals surface area (Å²) in [6, 6.07) is 15.3. The molecule has 142 valence electrons. The third-order valence-corrected chi connectivity index (χ3v) is 5.52. The van der Waals surface area contributed by atoms with Crippen LogP contribution in [0.15, 0.2) is 60.9 Å². The first-order chi connectivity index (χ1) is 13.7. The van der Waals surface area contributed by atoms with E-state index in [1.165, 1.54) is 0 Å². The van der Waals surface area contributed by atoms with Crippen LogP contribution in [0.3, 0.4) is 0 Å². The van der Waals surface area contributed by atoms with E-state index in [4.69, 9.17) is 0 Å². The Morgan fingerprint density at radius 2 is 1.79 bits per heavy atom. The van der Waals surface area contributed by atoms with Crippen molar-refractivity contribution in [3.8, 4) is 0 Å². The summed E-state index contributed by atoms with van der Waals surface area (Å²) >= 11 is 2.21. The lowest BCUT2D eigenvalue weighted by molar-refractivity contribution is 0.0745. The summed E-state index contributed by atoms with van der Waals surface area (Å²) in [5, 5.41) is 11.8. The largest absolute Gasteiger partial charge is 0.352 e. The maximum absolute atomic E-state index is 12.7. The highest BCUT2D eigenvalue weighted by Gasteiger charge is 2.24. The van der Waals surface area contributed by atoms with E-state index in [0.29, 0.717) is 18.9 Å². The summed E-state index contributed by atoms with van der Waals surface area (Å²) in [5.74, 6) is 1.58. The van der Waals surface area contributed by atoms with Crippen LogP contribution in [0.5, 0.6) is 0 Å². The number of anilines is 3. The zero-order chi connectivity index (χ0) is 19.3. The van der Waals surface area contributed by atoms with Crippen LogP contribution in [0.1, 0.15) is 10.4 Å². The number of rotatable bonds is 4. The third kappa shape index (κ3) is 4.22. The van der Waals surface area contributed by atoms with Gasteiger partial charge in [-0.15, -0.1) is 10.2 Å². The number of halogens is 1. The maximum atomic E-state index is 12.7. The summed E-state index contributed by atoms with van der Waals surface area (Å²) in [7, 11) is 0. The van der Waals surface area contributed by atoms with Gasteiger partial charge < -0.3 is 15.1 Å². The Labute approximate surface area is 176 Å². The molecule has 1 saturated heterocycles. The van der Waals surface area contributed by atoms with Crippen molar-refractivity contribution in [3.63, 3.8) is 0 Å². The quantitative estimate of drug-likeness (QED) is 0.572. The number of benzene rings is 1. The Bertz CT molecular complexity index is 942. The van der Waals surface area contributed by atoms with Crippen LogP contribution in [-0.4, -0.2) is 52.2 Å². The Morgan fingerprint density at radius 3 is 2.46 bits per heavy atom. The highest BCUT2D eigenvalue weighted by atomic mass is 127. The molecule has 0 aliphatic carbocycles. The van der Waals surface area contributed by atoms with Gasteiger partial charge in [-0.05, 0) is 59.0 Å². The minimum Gasteiger partial charge on any atom is -0.352 e. The monoisotopic (exact) mass is 486 g/mol. The minimum absolute atomic E-state index is 0.0896. The molecule has 1 N–H and O–H groups in total. The second-order valence-electron chi connectivity index (χ2n) is 6.40. The van der Waals surface area contributed by atoms with Gasteiger partial charge in [-0.1, -0.05) is 12.1 Å². The number of pyridine rings is 1. The fourth-order valence-corrected chi connectivity index (χ4v) is 3.71. The molecule has 7 nitrogen and oxygen atoms in total. The van der Waals surface area contributed by atoms with Gasteiger partial charge >= 0.3 is 0 Å². The Kier molecular flexibility index (Phi) is 5.65. The molecule has 8 heteroatoms. The average molecular weight is 486 g/mol. The van der Waals surface area contributed by atoms with Crippen LogP contribution >= 0.6 is 22.6 Å². The van der Waals surface area contributed by atoms with Crippen LogP contribution in [0.4, 0.5) is 17.3 Å². The molecule has 1 fully saturated rings. The molecule has 3 heterocycles. The van der Waals surface area contributed by atoms with E-state index in [1.807, 2.05) is 53.4 Å². The Hall–Kier alpha value is -2.75. The van der Waals surface area contributed by atoms with Gasteiger partial charge in [-0.3, -0.25) is 9.78 Å². The number of carbonyl (C=O) groups is 1. The van der Waals surface area contributed by atoms with Gasteiger partial charge in [-0.25, -0.2) is 0 Å². The number of amides is 1. The first kappa shape index (κ1) is 18.6. The van der Waals surface area contributed by atoms with Gasteiger partial charge in [0.15, 0.2) is 11.6 Å².